The Morgan fingerprint density at radius 2 is 1.92 bits per heavy atom. The van der Waals surface area contributed by atoms with Gasteiger partial charge in [0.25, 0.3) is 0 Å². The Labute approximate surface area is 79.4 Å². The standard InChI is InChI=1S/C10H18O3/c1-7(11)13-8-6-10(4,12-5)9(8,2)3/h8H,6H2,1-5H3. The molecule has 0 aromatic rings. The molecule has 0 heterocycles. The van der Waals surface area contributed by atoms with E-state index in [-0.39, 0.29) is 23.1 Å². The lowest BCUT2D eigenvalue weighted by atomic mass is 9.57. The zero-order chi connectivity index (χ0) is 10.3. The maximum Gasteiger partial charge on any atom is 0.302 e. The van der Waals surface area contributed by atoms with Crippen LogP contribution in [0.5, 0.6) is 0 Å². The van der Waals surface area contributed by atoms with Crippen molar-refractivity contribution in [3.8, 4) is 0 Å². The van der Waals surface area contributed by atoms with Gasteiger partial charge < -0.3 is 9.47 Å². The van der Waals surface area contributed by atoms with E-state index in [0.29, 0.717) is 0 Å². The highest BCUT2D eigenvalue weighted by molar-refractivity contribution is 5.66. The average Bonchev–Trinajstić information content (AvgIpc) is 2.02. The molecule has 0 aromatic heterocycles. The van der Waals surface area contributed by atoms with Crippen LogP contribution in [0.25, 0.3) is 0 Å². The van der Waals surface area contributed by atoms with Crippen LogP contribution in [0.15, 0.2) is 0 Å². The highest BCUT2D eigenvalue weighted by Crippen LogP contribution is 2.52. The van der Waals surface area contributed by atoms with Gasteiger partial charge in [-0.15, -0.1) is 0 Å². The fourth-order valence-electron chi connectivity index (χ4n) is 1.82. The Morgan fingerprint density at radius 1 is 1.38 bits per heavy atom. The Morgan fingerprint density at radius 3 is 2.23 bits per heavy atom. The lowest BCUT2D eigenvalue weighted by molar-refractivity contribution is -0.240. The summed E-state index contributed by atoms with van der Waals surface area (Å²) >= 11 is 0. The van der Waals surface area contributed by atoms with E-state index in [1.165, 1.54) is 6.92 Å². The molecule has 0 bridgehead atoms. The second-order valence-corrected chi connectivity index (χ2v) is 4.46. The van der Waals surface area contributed by atoms with E-state index in [4.69, 9.17) is 9.47 Å². The first-order chi connectivity index (χ1) is 5.83. The highest BCUT2D eigenvalue weighted by Gasteiger charge is 2.59. The van der Waals surface area contributed by atoms with Gasteiger partial charge in [0, 0.05) is 25.9 Å². The number of carbonyl (C=O) groups is 1. The molecule has 1 fully saturated rings. The largest absolute Gasteiger partial charge is 0.462 e. The van der Waals surface area contributed by atoms with Crippen LogP contribution in [-0.2, 0) is 14.3 Å². The summed E-state index contributed by atoms with van der Waals surface area (Å²) in [7, 11) is 1.70. The summed E-state index contributed by atoms with van der Waals surface area (Å²) in [4.78, 5) is 10.8. The number of carbonyl (C=O) groups excluding carboxylic acids is 1. The van der Waals surface area contributed by atoms with Crippen molar-refractivity contribution in [3.63, 3.8) is 0 Å². The Balaban J connectivity index is 2.64. The molecule has 0 aliphatic heterocycles. The lowest BCUT2D eigenvalue weighted by Crippen LogP contribution is -2.64. The molecule has 0 spiro atoms. The van der Waals surface area contributed by atoms with Crippen LogP contribution in [0.4, 0.5) is 0 Å². The minimum absolute atomic E-state index is 0.00468. The molecule has 2 atom stereocenters. The van der Waals surface area contributed by atoms with Gasteiger partial charge in [0.1, 0.15) is 6.10 Å². The van der Waals surface area contributed by atoms with Crippen LogP contribution in [0, 0.1) is 5.41 Å². The monoisotopic (exact) mass is 186 g/mol. The summed E-state index contributed by atoms with van der Waals surface area (Å²) in [6.45, 7) is 7.62. The molecule has 1 rings (SSSR count). The molecule has 13 heavy (non-hydrogen) atoms. The highest BCUT2D eigenvalue weighted by atomic mass is 16.6. The molecule has 0 saturated heterocycles. The summed E-state index contributed by atoms with van der Waals surface area (Å²) < 4.78 is 10.6. The molecule has 3 nitrogen and oxygen atoms in total. The fraction of sp³-hybridized carbons (Fsp3) is 0.900. The van der Waals surface area contributed by atoms with Gasteiger partial charge in [-0.25, -0.2) is 0 Å². The third kappa shape index (κ3) is 1.46. The van der Waals surface area contributed by atoms with E-state index in [2.05, 4.69) is 13.8 Å². The minimum Gasteiger partial charge on any atom is -0.462 e. The predicted octanol–water partition coefficient (Wildman–Crippen LogP) is 1.75. The maximum absolute atomic E-state index is 10.8. The third-order valence-corrected chi connectivity index (χ3v) is 3.50. The van der Waals surface area contributed by atoms with Crippen LogP contribution >= 0.6 is 0 Å². The van der Waals surface area contributed by atoms with Crippen LogP contribution in [0.1, 0.15) is 34.1 Å². The molecule has 0 aromatic carbocycles. The quantitative estimate of drug-likeness (QED) is 0.616. The van der Waals surface area contributed by atoms with Crippen molar-refractivity contribution < 1.29 is 14.3 Å². The van der Waals surface area contributed by atoms with Crippen LogP contribution in [0.2, 0.25) is 0 Å². The second kappa shape index (κ2) is 2.98. The molecule has 0 amide bonds. The molecule has 1 saturated carbocycles. The summed E-state index contributed by atoms with van der Waals surface area (Å²) in [5.74, 6) is -0.212. The van der Waals surface area contributed by atoms with Crippen LogP contribution in [-0.4, -0.2) is 24.8 Å². The molecule has 1 aliphatic rings. The summed E-state index contributed by atoms with van der Waals surface area (Å²) in [6.07, 6.45) is 0.783. The summed E-state index contributed by atoms with van der Waals surface area (Å²) in [6, 6.07) is 0. The lowest BCUT2D eigenvalue weighted by Gasteiger charge is -2.57. The Kier molecular flexibility index (Phi) is 2.41. The predicted molar refractivity (Wildman–Crippen MR) is 49.4 cm³/mol. The number of esters is 1. The minimum atomic E-state index is -0.212. The molecule has 1 aliphatic carbocycles. The van der Waals surface area contributed by atoms with Gasteiger partial charge in [-0.3, -0.25) is 4.79 Å². The van der Waals surface area contributed by atoms with Gasteiger partial charge in [-0.2, -0.15) is 0 Å². The third-order valence-electron chi connectivity index (χ3n) is 3.50. The van der Waals surface area contributed by atoms with Gasteiger partial charge in [0.2, 0.25) is 0 Å². The number of ether oxygens (including phenoxy) is 2. The van der Waals surface area contributed by atoms with Gasteiger partial charge >= 0.3 is 5.97 Å². The second-order valence-electron chi connectivity index (χ2n) is 4.46. The van der Waals surface area contributed by atoms with Crippen molar-refractivity contribution in [2.75, 3.05) is 7.11 Å². The molecular weight excluding hydrogens is 168 g/mol. The first-order valence-corrected chi connectivity index (χ1v) is 4.56. The summed E-state index contributed by atoms with van der Waals surface area (Å²) in [5, 5.41) is 0. The average molecular weight is 186 g/mol. The Hall–Kier alpha value is -0.570. The fourth-order valence-corrected chi connectivity index (χ4v) is 1.82. The van der Waals surface area contributed by atoms with E-state index >= 15 is 0 Å². The number of hydrogen-bond acceptors (Lipinski definition) is 3. The maximum atomic E-state index is 10.8. The van der Waals surface area contributed by atoms with Gasteiger partial charge in [0.15, 0.2) is 0 Å². The van der Waals surface area contributed by atoms with Crippen molar-refractivity contribution in [1.82, 2.24) is 0 Å². The van der Waals surface area contributed by atoms with Crippen LogP contribution in [0.3, 0.4) is 0 Å². The number of methoxy groups -OCH3 is 1. The first-order valence-electron chi connectivity index (χ1n) is 4.56. The number of rotatable bonds is 2. The molecule has 2 unspecified atom stereocenters. The number of hydrogen-bond donors (Lipinski definition) is 0. The van der Waals surface area contributed by atoms with Crippen molar-refractivity contribution in [3.05, 3.63) is 0 Å². The van der Waals surface area contributed by atoms with Crippen molar-refractivity contribution >= 4 is 5.97 Å². The first kappa shape index (κ1) is 10.5. The van der Waals surface area contributed by atoms with E-state index in [9.17, 15) is 4.79 Å². The van der Waals surface area contributed by atoms with E-state index in [1.54, 1.807) is 7.11 Å². The van der Waals surface area contributed by atoms with Crippen LogP contribution < -0.4 is 0 Å². The smallest absolute Gasteiger partial charge is 0.302 e. The van der Waals surface area contributed by atoms with Gasteiger partial charge in [-0.05, 0) is 6.92 Å². The van der Waals surface area contributed by atoms with Crippen molar-refractivity contribution in [1.29, 1.82) is 0 Å². The van der Waals surface area contributed by atoms with E-state index < -0.39 is 0 Å². The van der Waals surface area contributed by atoms with E-state index in [1.807, 2.05) is 6.92 Å². The van der Waals surface area contributed by atoms with Crippen molar-refractivity contribution in [2.24, 2.45) is 5.41 Å². The normalized spacial score (nSPS) is 36.5. The van der Waals surface area contributed by atoms with Gasteiger partial charge in [0.05, 0.1) is 5.60 Å². The molecule has 0 N–H and O–H groups in total. The van der Waals surface area contributed by atoms with E-state index in [0.717, 1.165) is 6.42 Å². The van der Waals surface area contributed by atoms with Crippen molar-refractivity contribution in [2.45, 2.75) is 45.8 Å². The molecule has 76 valence electrons. The molecule has 0 radical (unpaired) electrons. The summed E-state index contributed by atoms with van der Waals surface area (Å²) in [5.41, 5.74) is -0.249. The zero-order valence-electron chi connectivity index (χ0n) is 9.01. The van der Waals surface area contributed by atoms with Gasteiger partial charge in [-0.1, -0.05) is 13.8 Å². The molecule has 3 heteroatoms. The topological polar surface area (TPSA) is 35.5 Å². The Bertz CT molecular complexity index is 222. The molecular formula is C10H18O3. The zero-order valence-corrected chi connectivity index (χ0v) is 9.01. The SMILES string of the molecule is COC1(C)CC(OC(C)=O)C1(C)C.